The zero-order valence-electron chi connectivity index (χ0n) is 11.0. The van der Waals surface area contributed by atoms with Gasteiger partial charge in [-0.2, -0.15) is 0 Å². The van der Waals surface area contributed by atoms with Gasteiger partial charge in [-0.25, -0.2) is 0 Å². The third-order valence-electron chi connectivity index (χ3n) is 3.51. The Morgan fingerprint density at radius 2 is 2.19 bits per heavy atom. The summed E-state index contributed by atoms with van der Waals surface area (Å²) in [6.45, 7) is 9.41. The highest BCUT2D eigenvalue weighted by Crippen LogP contribution is 2.15. The molecule has 1 fully saturated rings. The maximum absolute atomic E-state index is 9.52. The topological polar surface area (TPSA) is 32.7 Å². The molecule has 0 aromatic heterocycles. The van der Waals surface area contributed by atoms with E-state index in [0.29, 0.717) is 12.1 Å². The standard InChI is InChI=1S/C13H27NO2/c1-4-12-10-16-11(3)9-14(12)8-6-7-13(15)5-2/h11-13,15H,4-10H2,1-3H3. The molecular formula is C13H27NO2. The molecule has 3 heteroatoms. The Kier molecular flexibility index (Phi) is 6.32. The van der Waals surface area contributed by atoms with Crippen LogP contribution >= 0.6 is 0 Å². The number of hydrogen-bond acceptors (Lipinski definition) is 3. The minimum atomic E-state index is -0.112. The van der Waals surface area contributed by atoms with Crippen LogP contribution in [0.4, 0.5) is 0 Å². The SMILES string of the molecule is CCC(O)CCCN1CC(C)OCC1CC. The lowest BCUT2D eigenvalue weighted by Gasteiger charge is -2.38. The van der Waals surface area contributed by atoms with Gasteiger partial charge in [0.05, 0.1) is 18.8 Å². The second-order valence-electron chi connectivity index (χ2n) is 4.91. The van der Waals surface area contributed by atoms with E-state index in [4.69, 9.17) is 4.74 Å². The maximum Gasteiger partial charge on any atom is 0.0674 e. The molecule has 0 aromatic carbocycles. The van der Waals surface area contributed by atoms with E-state index in [0.717, 1.165) is 45.4 Å². The number of morpholine rings is 1. The molecule has 0 aliphatic carbocycles. The molecule has 3 nitrogen and oxygen atoms in total. The first-order valence-corrected chi connectivity index (χ1v) is 6.71. The Hall–Kier alpha value is -0.120. The van der Waals surface area contributed by atoms with Gasteiger partial charge < -0.3 is 9.84 Å². The summed E-state index contributed by atoms with van der Waals surface area (Å²) in [7, 11) is 0. The highest BCUT2D eigenvalue weighted by molar-refractivity contribution is 4.77. The van der Waals surface area contributed by atoms with E-state index < -0.39 is 0 Å². The van der Waals surface area contributed by atoms with Gasteiger partial charge in [0.15, 0.2) is 0 Å². The smallest absolute Gasteiger partial charge is 0.0674 e. The van der Waals surface area contributed by atoms with Crippen LogP contribution in [-0.4, -0.2) is 48.0 Å². The molecule has 1 N–H and O–H groups in total. The van der Waals surface area contributed by atoms with Crippen LogP contribution in [-0.2, 0) is 4.74 Å². The van der Waals surface area contributed by atoms with Crippen molar-refractivity contribution in [2.45, 2.75) is 64.7 Å². The summed E-state index contributed by atoms with van der Waals surface area (Å²) >= 11 is 0. The van der Waals surface area contributed by atoms with Crippen molar-refractivity contribution in [3.63, 3.8) is 0 Å². The lowest BCUT2D eigenvalue weighted by atomic mass is 10.1. The molecule has 16 heavy (non-hydrogen) atoms. The summed E-state index contributed by atoms with van der Waals surface area (Å²) in [6, 6.07) is 0.579. The van der Waals surface area contributed by atoms with Gasteiger partial charge in [0.2, 0.25) is 0 Å². The van der Waals surface area contributed by atoms with Crippen LogP contribution in [0.25, 0.3) is 0 Å². The van der Waals surface area contributed by atoms with Crippen LogP contribution in [0.2, 0.25) is 0 Å². The van der Waals surface area contributed by atoms with Gasteiger partial charge in [-0.3, -0.25) is 4.90 Å². The Balaban J connectivity index is 2.26. The van der Waals surface area contributed by atoms with Gasteiger partial charge in [0, 0.05) is 12.6 Å². The second-order valence-corrected chi connectivity index (χ2v) is 4.91. The van der Waals surface area contributed by atoms with Gasteiger partial charge in [-0.1, -0.05) is 13.8 Å². The summed E-state index contributed by atoms with van der Waals surface area (Å²) in [4.78, 5) is 2.52. The quantitative estimate of drug-likeness (QED) is 0.756. The lowest BCUT2D eigenvalue weighted by Crippen LogP contribution is -2.48. The van der Waals surface area contributed by atoms with E-state index in [2.05, 4.69) is 18.7 Å². The normalized spacial score (nSPS) is 29.2. The van der Waals surface area contributed by atoms with Crippen molar-refractivity contribution in [3.8, 4) is 0 Å². The predicted octanol–water partition coefficient (Wildman–Crippen LogP) is 2.04. The molecule has 96 valence electrons. The van der Waals surface area contributed by atoms with E-state index in [1.807, 2.05) is 6.92 Å². The molecule has 3 atom stereocenters. The molecule has 0 saturated carbocycles. The van der Waals surface area contributed by atoms with Crippen molar-refractivity contribution in [1.29, 1.82) is 0 Å². The number of aliphatic hydroxyl groups excluding tert-OH is 1. The van der Waals surface area contributed by atoms with Crippen molar-refractivity contribution in [2.75, 3.05) is 19.7 Å². The van der Waals surface area contributed by atoms with Crippen LogP contribution in [0.5, 0.6) is 0 Å². The Bertz CT molecular complexity index is 187. The molecule has 1 aliphatic rings. The number of ether oxygens (including phenoxy) is 1. The molecule has 0 bridgehead atoms. The minimum Gasteiger partial charge on any atom is -0.393 e. The summed E-state index contributed by atoms with van der Waals surface area (Å²) in [5.74, 6) is 0. The van der Waals surface area contributed by atoms with E-state index >= 15 is 0 Å². The first-order chi connectivity index (χ1) is 7.67. The Morgan fingerprint density at radius 3 is 2.81 bits per heavy atom. The molecule has 1 aliphatic heterocycles. The molecule has 3 unspecified atom stereocenters. The first-order valence-electron chi connectivity index (χ1n) is 6.71. The zero-order valence-corrected chi connectivity index (χ0v) is 11.0. The third-order valence-corrected chi connectivity index (χ3v) is 3.51. The van der Waals surface area contributed by atoms with Crippen LogP contribution in [0, 0.1) is 0 Å². The fraction of sp³-hybridized carbons (Fsp3) is 1.00. The fourth-order valence-corrected chi connectivity index (χ4v) is 2.30. The lowest BCUT2D eigenvalue weighted by molar-refractivity contribution is -0.0568. The van der Waals surface area contributed by atoms with Crippen LogP contribution in [0.3, 0.4) is 0 Å². The number of aliphatic hydroxyl groups is 1. The number of rotatable bonds is 6. The molecular weight excluding hydrogens is 202 g/mol. The largest absolute Gasteiger partial charge is 0.393 e. The number of hydrogen-bond donors (Lipinski definition) is 1. The van der Waals surface area contributed by atoms with Crippen molar-refractivity contribution in [3.05, 3.63) is 0 Å². The third kappa shape index (κ3) is 4.40. The van der Waals surface area contributed by atoms with Gasteiger partial charge in [-0.05, 0) is 39.2 Å². The zero-order chi connectivity index (χ0) is 12.0. The second kappa shape index (κ2) is 7.25. The summed E-state index contributed by atoms with van der Waals surface area (Å²) in [5.41, 5.74) is 0. The monoisotopic (exact) mass is 229 g/mol. The van der Waals surface area contributed by atoms with Gasteiger partial charge >= 0.3 is 0 Å². The van der Waals surface area contributed by atoms with E-state index in [-0.39, 0.29) is 6.10 Å². The van der Waals surface area contributed by atoms with Crippen molar-refractivity contribution < 1.29 is 9.84 Å². The number of nitrogens with zero attached hydrogens (tertiary/aromatic N) is 1. The molecule has 0 aromatic rings. The molecule has 1 heterocycles. The van der Waals surface area contributed by atoms with E-state index in [9.17, 15) is 5.11 Å². The highest BCUT2D eigenvalue weighted by Gasteiger charge is 2.24. The van der Waals surface area contributed by atoms with E-state index in [1.165, 1.54) is 0 Å². The van der Waals surface area contributed by atoms with Crippen molar-refractivity contribution >= 4 is 0 Å². The average Bonchev–Trinajstić information content (AvgIpc) is 2.29. The Labute approximate surface area is 99.8 Å². The van der Waals surface area contributed by atoms with Crippen molar-refractivity contribution in [2.24, 2.45) is 0 Å². The van der Waals surface area contributed by atoms with Crippen LogP contribution in [0.15, 0.2) is 0 Å². The first kappa shape index (κ1) is 13.9. The molecule has 0 amide bonds. The average molecular weight is 229 g/mol. The van der Waals surface area contributed by atoms with Crippen molar-refractivity contribution in [1.82, 2.24) is 4.90 Å². The minimum absolute atomic E-state index is 0.112. The predicted molar refractivity (Wildman–Crippen MR) is 66.6 cm³/mol. The fourth-order valence-electron chi connectivity index (χ4n) is 2.30. The molecule has 1 saturated heterocycles. The molecule has 0 radical (unpaired) electrons. The van der Waals surface area contributed by atoms with Gasteiger partial charge in [0.25, 0.3) is 0 Å². The van der Waals surface area contributed by atoms with Gasteiger partial charge in [0.1, 0.15) is 0 Å². The maximum atomic E-state index is 9.52. The van der Waals surface area contributed by atoms with Gasteiger partial charge in [-0.15, -0.1) is 0 Å². The summed E-state index contributed by atoms with van der Waals surface area (Å²) in [6.07, 6.45) is 4.30. The van der Waals surface area contributed by atoms with Crippen LogP contribution in [0.1, 0.15) is 46.5 Å². The highest BCUT2D eigenvalue weighted by atomic mass is 16.5. The van der Waals surface area contributed by atoms with E-state index in [1.54, 1.807) is 0 Å². The Morgan fingerprint density at radius 1 is 1.44 bits per heavy atom. The van der Waals surface area contributed by atoms with Crippen LogP contribution < -0.4 is 0 Å². The molecule has 1 rings (SSSR count). The summed E-state index contributed by atoms with van der Waals surface area (Å²) < 4.78 is 5.67. The molecule has 0 spiro atoms. The summed E-state index contributed by atoms with van der Waals surface area (Å²) in [5, 5.41) is 9.52.